The topological polar surface area (TPSA) is 54.9 Å². The summed E-state index contributed by atoms with van der Waals surface area (Å²) in [6.45, 7) is 9.93. The lowest BCUT2D eigenvalue weighted by Crippen LogP contribution is -2.39. The van der Waals surface area contributed by atoms with Crippen molar-refractivity contribution >= 4 is 45.0 Å². The van der Waals surface area contributed by atoms with Gasteiger partial charge in [-0.15, -0.1) is 12.4 Å². The Labute approximate surface area is 200 Å². The highest BCUT2D eigenvalue weighted by molar-refractivity contribution is 7.22. The third kappa shape index (κ3) is 6.34. The van der Waals surface area contributed by atoms with Gasteiger partial charge in [0.2, 0.25) is 5.91 Å². The molecule has 2 aromatic carbocycles. The SMILES string of the molecule is CCN(CC)CCN(C(=O)CCOc1ccccc1)c1nc2c(OC)ccc(C)c2s1.Cl. The Hall–Kier alpha value is -2.35. The monoisotopic (exact) mass is 477 g/mol. The van der Waals surface area contributed by atoms with Crippen molar-refractivity contribution in [1.29, 1.82) is 0 Å². The normalized spacial score (nSPS) is 10.8. The highest BCUT2D eigenvalue weighted by atomic mass is 35.5. The molecule has 174 valence electrons. The lowest BCUT2D eigenvalue weighted by molar-refractivity contribution is -0.119. The van der Waals surface area contributed by atoms with Crippen LogP contribution in [0.3, 0.4) is 0 Å². The van der Waals surface area contributed by atoms with Gasteiger partial charge in [-0.3, -0.25) is 9.69 Å². The average molecular weight is 478 g/mol. The molecule has 0 fully saturated rings. The molecule has 0 N–H and O–H groups in total. The van der Waals surface area contributed by atoms with E-state index in [-0.39, 0.29) is 18.3 Å². The van der Waals surface area contributed by atoms with Crippen LogP contribution in [-0.2, 0) is 4.79 Å². The van der Waals surface area contributed by atoms with Gasteiger partial charge in [0.25, 0.3) is 0 Å². The molecule has 1 amide bonds. The summed E-state index contributed by atoms with van der Waals surface area (Å²) in [5.41, 5.74) is 1.94. The van der Waals surface area contributed by atoms with Gasteiger partial charge < -0.3 is 14.4 Å². The standard InChI is InChI=1S/C24H31N3O3S.ClH/c1-5-26(6-2)15-16-27(21(28)14-17-30-19-10-8-7-9-11-19)24-25-22-20(29-4)13-12-18(3)23(22)31-24;/h7-13H,5-6,14-17H2,1-4H3;1H. The molecule has 0 bridgehead atoms. The first-order valence-corrected chi connectivity index (χ1v) is 11.5. The number of fused-ring (bicyclic) bond motifs is 1. The smallest absolute Gasteiger partial charge is 0.232 e. The molecule has 3 aromatic rings. The van der Waals surface area contributed by atoms with E-state index in [1.54, 1.807) is 23.3 Å². The molecule has 6 nitrogen and oxygen atoms in total. The van der Waals surface area contributed by atoms with Gasteiger partial charge in [-0.1, -0.05) is 49.4 Å². The molecule has 0 unspecified atom stereocenters. The number of anilines is 1. The zero-order chi connectivity index (χ0) is 22.2. The maximum absolute atomic E-state index is 13.2. The largest absolute Gasteiger partial charge is 0.494 e. The van der Waals surface area contributed by atoms with Crippen LogP contribution in [0.5, 0.6) is 11.5 Å². The summed E-state index contributed by atoms with van der Waals surface area (Å²) in [5, 5.41) is 0.708. The van der Waals surface area contributed by atoms with Crippen LogP contribution in [0.2, 0.25) is 0 Å². The molecule has 1 heterocycles. The van der Waals surface area contributed by atoms with Crippen molar-refractivity contribution in [2.75, 3.05) is 44.8 Å². The minimum absolute atomic E-state index is 0. The number of aryl methyl sites for hydroxylation is 1. The van der Waals surface area contributed by atoms with Crippen LogP contribution < -0.4 is 14.4 Å². The van der Waals surface area contributed by atoms with E-state index in [1.807, 2.05) is 42.5 Å². The molecule has 0 saturated heterocycles. The van der Waals surface area contributed by atoms with Crippen molar-refractivity contribution in [2.45, 2.75) is 27.2 Å². The Morgan fingerprint density at radius 2 is 1.78 bits per heavy atom. The summed E-state index contributed by atoms with van der Waals surface area (Å²) >= 11 is 1.54. The number of halogens is 1. The number of hydrogen-bond donors (Lipinski definition) is 0. The zero-order valence-electron chi connectivity index (χ0n) is 19.2. The summed E-state index contributed by atoms with van der Waals surface area (Å²) in [5.74, 6) is 1.51. The van der Waals surface area contributed by atoms with Crippen molar-refractivity contribution in [1.82, 2.24) is 9.88 Å². The van der Waals surface area contributed by atoms with Gasteiger partial charge in [-0.25, -0.2) is 4.98 Å². The van der Waals surface area contributed by atoms with E-state index < -0.39 is 0 Å². The molecular formula is C24H32ClN3O3S. The maximum Gasteiger partial charge on any atom is 0.232 e. The van der Waals surface area contributed by atoms with Crippen molar-refractivity contribution < 1.29 is 14.3 Å². The number of aromatic nitrogens is 1. The molecule has 0 aliphatic rings. The Morgan fingerprint density at radius 3 is 2.44 bits per heavy atom. The summed E-state index contributed by atoms with van der Waals surface area (Å²) < 4.78 is 12.3. The third-order valence-corrected chi connectivity index (χ3v) is 6.52. The first-order valence-electron chi connectivity index (χ1n) is 10.7. The molecule has 8 heteroatoms. The van der Waals surface area contributed by atoms with Crippen LogP contribution in [0.25, 0.3) is 10.2 Å². The number of methoxy groups -OCH3 is 1. The fourth-order valence-corrected chi connectivity index (χ4v) is 4.49. The number of amides is 1. The number of ether oxygens (including phenoxy) is 2. The number of benzene rings is 2. The minimum Gasteiger partial charge on any atom is -0.494 e. The van der Waals surface area contributed by atoms with Crippen LogP contribution >= 0.6 is 23.7 Å². The molecular weight excluding hydrogens is 446 g/mol. The number of nitrogens with zero attached hydrogens (tertiary/aromatic N) is 3. The summed E-state index contributed by atoms with van der Waals surface area (Å²) in [6, 6.07) is 13.5. The van der Waals surface area contributed by atoms with E-state index >= 15 is 0 Å². The lowest BCUT2D eigenvalue weighted by Gasteiger charge is -2.24. The quantitative estimate of drug-likeness (QED) is 0.381. The van der Waals surface area contributed by atoms with E-state index in [4.69, 9.17) is 14.5 Å². The number of thiazole rings is 1. The summed E-state index contributed by atoms with van der Waals surface area (Å²) in [7, 11) is 1.65. The van der Waals surface area contributed by atoms with Gasteiger partial charge in [0, 0.05) is 13.1 Å². The fourth-order valence-electron chi connectivity index (χ4n) is 3.39. The van der Waals surface area contributed by atoms with Crippen LogP contribution in [-0.4, -0.2) is 55.7 Å². The van der Waals surface area contributed by atoms with Gasteiger partial charge >= 0.3 is 0 Å². The Balaban J connectivity index is 0.00000363. The zero-order valence-corrected chi connectivity index (χ0v) is 20.8. The highest BCUT2D eigenvalue weighted by Gasteiger charge is 2.22. The first-order chi connectivity index (χ1) is 15.1. The predicted molar refractivity (Wildman–Crippen MR) is 135 cm³/mol. The Kier molecular flexibility index (Phi) is 10.2. The van der Waals surface area contributed by atoms with Gasteiger partial charge in [0.1, 0.15) is 17.0 Å². The molecule has 1 aromatic heterocycles. The van der Waals surface area contributed by atoms with Gasteiger partial charge in [-0.05, 0) is 43.8 Å². The number of carbonyl (C=O) groups excluding carboxylic acids is 1. The maximum atomic E-state index is 13.2. The number of rotatable bonds is 11. The van der Waals surface area contributed by atoms with Crippen LogP contribution in [0.1, 0.15) is 25.8 Å². The van der Waals surface area contributed by atoms with E-state index in [0.717, 1.165) is 46.9 Å². The second-order valence-electron chi connectivity index (χ2n) is 7.24. The first kappa shape index (κ1) is 25.9. The van der Waals surface area contributed by atoms with Crippen LogP contribution in [0.15, 0.2) is 42.5 Å². The van der Waals surface area contributed by atoms with E-state index in [2.05, 4.69) is 25.7 Å². The number of likely N-dealkylation sites (N-methyl/N-ethyl adjacent to an activating group) is 1. The molecule has 0 spiro atoms. The molecule has 0 aliphatic heterocycles. The van der Waals surface area contributed by atoms with Gasteiger partial charge in [-0.2, -0.15) is 0 Å². The summed E-state index contributed by atoms with van der Waals surface area (Å²) in [6.07, 6.45) is 0.291. The van der Waals surface area contributed by atoms with E-state index in [9.17, 15) is 4.79 Å². The fraction of sp³-hybridized carbons (Fsp3) is 0.417. The van der Waals surface area contributed by atoms with Crippen LogP contribution in [0.4, 0.5) is 5.13 Å². The van der Waals surface area contributed by atoms with Crippen molar-refractivity contribution in [3.8, 4) is 11.5 Å². The molecule has 0 saturated carbocycles. The average Bonchev–Trinajstić information content (AvgIpc) is 3.24. The second-order valence-corrected chi connectivity index (χ2v) is 8.22. The van der Waals surface area contributed by atoms with Crippen LogP contribution in [0, 0.1) is 6.92 Å². The molecule has 32 heavy (non-hydrogen) atoms. The van der Waals surface area contributed by atoms with Gasteiger partial charge in [0.05, 0.1) is 24.8 Å². The van der Waals surface area contributed by atoms with E-state index in [0.29, 0.717) is 24.7 Å². The summed E-state index contributed by atoms with van der Waals surface area (Å²) in [4.78, 5) is 22.1. The van der Waals surface area contributed by atoms with Crippen molar-refractivity contribution in [3.63, 3.8) is 0 Å². The molecule has 0 radical (unpaired) electrons. The molecule has 0 aliphatic carbocycles. The predicted octanol–water partition coefficient (Wildman–Crippen LogP) is 5.18. The number of para-hydroxylation sites is 1. The molecule has 3 rings (SSSR count). The Bertz CT molecular complexity index is 993. The molecule has 0 atom stereocenters. The van der Waals surface area contributed by atoms with Crippen molar-refractivity contribution in [2.24, 2.45) is 0 Å². The van der Waals surface area contributed by atoms with Crippen molar-refractivity contribution in [3.05, 3.63) is 48.0 Å². The lowest BCUT2D eigenvalue weighted by atomic mass is 10.2. The van der Waals surface area contributed by atoms with Gasteiger partial charge in [0.15, 0.2) is 5.13 Å². The third-order valence-electron chi connectivity index (χ3n) is 5.31. The highest BCUT2D eigenvalue weighted by Crippen LogP contribution is 2.36. The second kappa shape index (κ2) is 12.6. The minimum atomic E-state index is 0. The Morgan fingerprint density at radius 1 is 1.06 bits per heavy atom. The number of carbonyl (C=O) groups is 1. The van der Waals surface area contributed by atoms with E-state index in [1.165, 1.54) is 0 Å². The number of hydrogen-bond acceptors (Lipinski definition) is 6.